The molecule has 0 heterocycles. The number of hydrogen-bond donors (Lipinski definition) is 1. The fourth-order valence-corrected chi connectivity index (χ4v) is 4.38. The van der Waals surface area contributed by atoms with E-state index in [1.165, 1.54) is 24.3 Å². The molecule has 0 aliphatic carbocycles. The number of aryl methyl sites for hydroxylation is 1. The molecule has 0 radical (unpaired) electrons. The van der Waals surface area contributed by atoms with Crippen LogP contribution in [0.2, 0.25) is 5.02 Å². The molecule has 1 amide bonds. The van der Waals surface area contributed by atoms with Gasteiger partial charge in [-0.3, -0.25) is 9.10 Å². The predicted octanol–water partition coefficient (Wildman–Crippen LogP) is 4.30. The Morgan fingerprint density at radius 2 is 1.70 bits per heavy atom. The maximum absolute atomic E-state index is 13.6. The van der Waals surface area contributed by atoms with E-state index in [-0.39, 0.29) is 22.2 Å². The van der Waals surface area contributed by atoms with Crippen molar-refractivity contribution in [1.82, 2.24) is 5.32 Å². The molecule has 0 aliphatic heterocycles. The molecule has 5 nitrogen and oxygen atoms in total. The number of carbonyl (C=O) groups is 1. The number of amides is 1. The summed E-state index contributed by atoms with van der Waals surface area (Å²) < 4.78 is 40.9. The largest absolute Gasteiger partial charge is 0.350 e. The lowest BCUT2D eigenvalue weighted by molar-refractivity contribution is -0.119. The van der Waals surface area contributed by atoms with E-state index in [2.05, 4.69) is 5.32 Å². The van der Waals surface area contributed by atoms with Gasteiger partial charge in [-0.15, -0.1) is 0 Å². The van der Waals surface area contributed by atoms with Crippen molar-refractivity contribution in [3.05, 3.63) is 94.8 Å². The van der Waals surface area contributed by atoms with Crippen molar-refractivity contribution >= 4 is 33.2 Å². The van der Waals surface area contributed by atoms with E-state index in [4.69, 9.17) is 11.6 Å². The van der Waals surface area contributed by atoms with Crippen LogP contribution in [-0.2, 0) is 21.4 Å². The van der Waals surface area contributed by atoms with Gasteiger partial charge in [0.15, 0.2) is 0 Å². The average Bonchev–Trinajstić information content (AvgIpc) is 2.74. The van der Waals surface area contributed by atoms with Crippen LogP contribution < -0.4 is 9.62 Å². The van der Waals surface area contributed by atoms with Gasteiger partial charge < -0.3 is 5.32 Å². The highest BCUT2D eigenvalue weighted by Crippen LogP contribution is 2.27. The minimum Gasteiger partial charge on any atom is -0.350 e. The molecule has 0 bridgehead atoms. The predicted molar refractivity (Wildman–Crippen MR) is 115 cm³/mol. The number of sulfonamides is 1. The Hall–Kier alpha value is -2.90. The normalized spacial score (nSPS) is 11.2. The monoisotopic (exact) mass is 446 g/mol. The fraction of sp³-hybridized carbons (Fsp3) is 0.136. The number of nitrogens with zero attached hydrogens (tertiary/aromatic N) is 1. The summed E-state index contributed by atoms with van der Waals surface area (Å²) in [7, 11) is -4.08. The van der Waals surface area contributed by atoms with Gasteiger partial charge in [-0.2, -0.15) is 0 Å². The topological polar surface area (TPSA) is 66.5 Å². The van der Waals surface area contributed by atoms with Crippen molar-refractivity contribution in [3.8, 4) is 0 Å². The molecule has 8 heteroatoms. The van der Waals surface area contributed by atoms with E-state index < -0.39 is 28.3 Å². The molecule has 0 unspecified atom stereocenters. The standard InChI is InChI=1S/C22H20ClFN2O3S/c1-16-7-9-17(10-8-16)14-25-22(27)15-26(18-11-12-21(24)20(23)13-18)30(28,29)19-5-3-2-4-6-19/h2-13H,14-15H2,1H3,(H,25,27). The van der Waals surface area contributed by atoms with Crippen molar-refractivity contribution in [2.24, 2.45) is 0 Å². The Morgan fingerprint density at radius 3 is 2.33 bits per heavy atom. The van der Waals surface area contributed by atoms with Gasteiger partial charge in [0.1, 0.15) is 12.4 Å². The first kappa shape index (κ1) is 21.8. The molecule has 0 saturated carbocycles. The second-order valence-corrected chi connectivity index (χ2v) is 8.95. The summed E-state index contributed by atoms with van der Waals surface area (Å²) in [6.45, 7) is 1.73. The van der Waals surface area contributed by atoms with Crippen LogP contribution in [-0.4, -0.2) is 20.9 Å². The Morgan fingerprint density at radius 1 is 1.03 bits per heavy atom. The molecule has 0 aromatic heterocycles. The number of benzene rings is 3. The van der Waals surface area contributed by atoms with Gasteiger partial charge in [0.2, 0.25) is 5.91 Å². The van der Waals surface area contributed by atoms with E-state index >= 15 is 0 Å². The molecule has 3 aromatic rings. The Kier molecular flexibility index (Phi) is 6.74. The smallest absolute Gasteiger partial charge is 0.264 e. The first-order chi connectivity index (χ1) is 14.3. The van der Waals surface area contributed by atoms with Gasteiger partial charge in [-0.25, -0.2) is 12.8 Å². The van der Waals surface area contributed by atoms with Crippen molar-refractivity contribution < 1.29 is 17.6 Å². The number of hydrogen-bond acceptors (Lipinski definition) is 3. The molecule has 156 valence electrons. The lowest BCUT2D eigenvalue weighted by Crippen LogP contribution is -2.40. The number of rotatable bonds is 7. The van der Waals surface area contributed by atoms with Gasteiger partial charge in [-0.05, 0) is 42.8 Å². The fourth-order valence-electron chi connectivity index (χ4n) is 2.77. The average molecular weight is 447 g/mol. The minimum atomic E-state index is -4.08. The zero-order valence-corrected chi connectivity index (χ0v) is 17.8. The molecule has 0 fully saturated rings. The zero-order chi connectivity index (χ0) is 21.7. The maximum Gasteiger partial charge on any atom is 0.264 e. The van der Waals surface area contributed by atoms with Crippen LogP contribution >= 0.6 is 11.6 Å². The highest BCUT2D eigenvalue weighted by Gasteiger charge is 2.27. The summed E-state index contributed by atoms with van der Waals surface area (Å²) >= 11 is 5.85. The lowest BCUT2D eigenvalue weighted by atomic mass is 10.1. The maximum atomic E-state index is 13.6. The number of carbonyl (C=O) groups excluding carboxylic acids is 1. The minimum absolute atomic E-state index is 0.0109. The lowest BCUT2D eigenvalue weighted by Gasteiger charge is -2.24. The van der Waals surface area contributed by atoms with E-state index in [0.717, 1.165) is 21.5 Å². The van der Waals surface area contributed by atoms with Crippen LogP contribution in [0.5, 0.6) is 0 Å². The zero-order valence-electron chi connectivity index (χ0n) is 16.2. The second-order valence-electron chi connectivity index (χ2n) is 6.69. The molecular formula is C22H20ClFN2O3S. The third kappa shape index (κ3) is 5.17. The molecule has 30 heavy (non-hydrogen) atoms. The molecule has 0 saturated heterocycles. The molecular weight excluding hydrogens is 427 g/mol. The van der Waals surface area contributed by atoms with Gasteiger partial charge in [0.05, 0.1) is 15.6 Å². The Bertz CT molecular complexity index is 1140. The molecule has 0 spiro atoms. The summed E-state index contributed by atoms with van der Waals surface area (Å²) in [6.07, 6.45) is 0. The Labute approximate surface area is 180 Å². The third-order valence-electron chi connectivity index (χ3n) is 4.42. The van der Waals surface area contributed by atoms with Crippen LogP contribution in [0.15, 0.2) is 77.7 Å². The van der Waals surface area contributed by atoms with Crippen LogP contribution in [0, 0.1) is 12.7 Å². The highest BCUT2D eigenvalue weighted by atomic mass is 35.5. The van der Waals surface area contributed by atoms with Crippen LogP contribution in [0.4, 0.5) is 10.1 Å². The second kappa shape index (κ2) is 9.28. The highest BCUT2D eigenvalue weighted by molar-refractivity contribution is 7.92. The molecule has 0 aliphatic rings. The summed E-state index contributed by atoms with van der Waals surface area (Å²) in [5.74, 6) is -1.18. The molecule has 3 rings (SSSR count). The van der Waals surface area contributed by atoms with Crippen molar-refractivity contribution in [2.75, 3.05) is 10.8 Å². The van der Waals surface area contributed by atoms with Crippen molar-refractivity contribution in [2.45, 2.75) is 18.4 Å². The summed E-state index contributed by atoms with van der Waals surface area (Å²) in [5.41, 5.74) is 2.07. The first-order valence-electron chi connectivity index (χ1n) is 9.12. The molecule has 3 aromatic carbocycles. The SMILES string of the molecule is Cc1ccc(CNC(=O)CN(c2ccc(F)c(Cl)c2)S(=O)(=O)c2ccccc2)cc1. The van der Waals surface area contributed by atoms with Gasteiger partial charge in [0, 0.05) is 6.54 Å². The van der Waals surface area contributed by atoms with E-state index in [1.54, 1.807) is 18.2 Å². The van der Waals surface area contributed by atoms with Crippen LogP contribution in [0.3, 0.4) is 0 Å². The van der Waals surface area contributed by atoms with Gasteiger partial charge in [0.25, 0.3) is 10.0 Å². The summed E-state index contributed by atoms with van der Waals surface area (Å²) in [4.78, 5) is 12.6. The van der Waals surface area contributed by atoms with Gasteiger partial charge in [-0.1, -0.05) is 59.6 Å². The van der Waals surface area contributed by atoms with E-state index in [1.807, 2.05) is 31.2 Å². The van der Waals surface area contributed by atoms with E-state index in [9.17, 15) is 17.6 Å². The van der Waals surface area contributed by atoms with E-state index in [0.29, 0.717) is 0 Å². The summed E-state index contributed by atoms with van der Waals surface area (Å²) in [6, 6.07) is 18.8. The van der Waals surface area contributed by atoms with Gasteiger partial charge >= 0.3 is 0 Å². The quantitative estimate of drug-likeness (QED) is 0.588. The number of anilines is 1. The molecule has 1 N–H and O–H groups in total. The van der Waals surface area contributed by atoms with Crippen LogP contribution in [0.1, 0.15) is 11.1 Å². The molecule has 0 atom stereocenters. The Balaban J connectivity index is 1.86. The summed E-state index contributed by atoms with van der Waals surface area (Å²) in [5, 5.41) is 2.48. The first-order valence-corrected chi connectivity index (χ1v) is 10.9. The van der Waals surface area contributed by atoms with Crippen LogP contribution in [0.25, 0.3) is 0 Å². The number of halogens is 2. The van der Waals surface area contributed by atoms with Crippen molar-refractivity contribution in [3.63, 3.8) is 0 Å². The third-order valence-corrected chi connectivity index (χ3v) is 6.50. The van der Waals surface area contributed by atoms with Crippen molar-refractivity contribution in [1.29, 1.82) is 0 Å². The number of nitrogens with one attached hydrogen (secondary N) is 1.